The van der Waals surface area contributed by atoms with Crippen molar-refractivity contribution < 1.29 is 4.79 Å². The molecular formula is C14H26ClNO. The molecule has 0 spiro atoms. The Morgan fingerprint density at radius 3 is 2.41 bits per heavy atom. The average Bonchev–Trinajstić information content (AvgIpc) is 2.31. The molecule has 1 fully saturated rings. The molecule has 100 valence electrons. The van der Waals surface area contributed by atoms with Crippen LogP contribution in [-0.2, 0) is 4.79 Å². The first-order valence-electron chi connectivity index (χ1n) is 7.02. The number of carbonyl (C=O) groups is 1. The number of carbonyl (C=O) groups excluding carboxylic acids is 1. The standard InChI is InChI=1S/C14H26ClNO/c1-4-6-12(7-5-2)14(17)16-9-8-13(15)11(3)10-16/h11-13H,4-10H2,1-3H3. The molecule has 1 amide bonds. The summed E-state index contributed by atoms with van der Waals surface area (Å²) in [6, 6.07) is 0. The van der Waals surface area contributed by atoms with Crippen molar-refractivity contribution in [2.24, 2.45) is 11.8 Å². The largest absolute Gasteiger partial charge is 0.342 e. The molecule has 0 aromatic heterocycles. The van der Waals surface area contributed by atoms with Crippen molar-refractivity contribution in [1.82, 2.24) is 4.90 Å². The van der Waals surface area contributed by atoms with Crippen LogP contribution in [0.4, 0.5) is 0 Å². The summed E-state index contributed by atoms with van der Waals surface area (Å²) in [4.78, 5) is 14.5. The normalized spacial score (nSPS) is 25.4. The fourth-order valence-corrected chi connectivity index (χ4v) is 2.84. The third kappa shape index (κ3) is 4.17. The third-order valence-electron chi connectivity index (χ3n) is 3.74. The Kier molecular flexibility index (Phi) is 6.32. The summed E-state index contributed by atoms with van der Waals surface area (Å²) in [5.74, 6) is 1.03. The maximum absolute atomic E-state index is 12.4. The molecule has 0 saturated carbocycles. The zero-order valence-electron chi connectivity index (χ0n) is 11.4. The molecule has 0 N–H and O–H groups in total. The Morgan fingerprint density at radius 2 is 1.94 bits per heavy atom. The van der Waals surface area contributed by atoms with E-state index < -0.39 is 0 Å². The summed E-state index contributed by atoms with van der Waals surface area (Å²) >= 11 is 6.20. The van der Waals surface area contributed by atoms with E-state index in [0.29, 0.717) is 11.8 Å². The van der Waals surface area contributed by atoms with Crippen LogP contribution in [0.3, 0.4) is 0 Å². The average molecular weight is 260 g/mol. The highest BCUT2D eigenvalue weighted by molar-refractivity contribution is 6.20. The van der Waals surface area contributed by atoms with Crippen molar-refractivity contribution in [1.29, 1.82) is 0 Å². The number of halogens is 1. The van der Waals surface area contributed by atoms with E-state index in [-0.39, 0.29) is 11.3 Å². The molecule has 1 aliphatic heterocycles. The van der Waals surface area contributed by atoms with Crippen LogP contribution in [0.1, 0.15) is 52.9 Å². The quantitative estimate of drug-likeness (QED) is 0.690. The van der Waals surface area contributed by atoms with Crippen LogP contribution in [-0.4, -0.2) is 29.3 Å². The van der Waals surface area contributed by atoms with Crippen LogP contribution in [0.25, 0.3) is 0 Å². The zero-order chi connectivity index (χ0) is 12.8. The summed E-state index contributed by atoms with van der Waals surface area (Å²) in [5.41, 5.74) is 0. The number of hydrogen-bond acceptors (Lipinski definition) is 1. The Morgan fingerprint density at radius 1 is 1.35 bits per heavy atom. The van der Waals surface area contributed by atoms with Gasteiger partial charge in [-0.05, 0) is 25.2 Å². The minimum absolute atomic E-state index is 0.240. The van der Waals surface area contributed by atoms with Crippen molar-refractivity contribution in [2.45, 2.75) is 58.3 Å². The Bertz CT molecular complexity index is 238. The van der Waals surface area contributed by atoms with Crippen LogP contribution in [0.5, 0.6) is 0 Å². The lowest BCUT2D eigenvalue weighted by molar-refractivity contribution is -0.137. The highest BCUT2D eigenvalue weighted by atomic mass is 35.5. The molecule has 1 aliphatic rings. The molecular weight excluding hydrogens is 234 g/mol. The minimum Gasteiger partial charge on any atom is -0.342 e. The maximum atomic E-state index is 12.4. The SMILES string of the molecule is CCCC(CCC)C(=O)N1CCC(Cl)C(C)C1. The van der Waals surface area contributed by atoms with Gasteiger partial charge in [-0.15, -0.1) is 11.6 Å². The molecule has 0 aromatic carbocycles. The second-order valence-corrected chi connectivity index (χ2v) is 5.90. The van der Waals surface area contributed by atoms with E-state index in [1.165, 1.54) is 0 Å². The molecule has 3 heteroatoms. The van der Waals surface area contributed by atoms with Gasteiger partial charge in [-0.2, -0.15) is 0 Å². The van der Waals surface area contributed by atoms with Gasteiger partial charge in [0.25, 0.3) is 0 Å². The summed E-state index contributed by atoms with van der Waals surface area (Å²) < 4.78 is 0. The third-order valence-corrected chi connectivity index (χ3v) is 4.38. The summed E-state index contributed by atoms with van der Waals surface area (Å²) in [5, 5.41) is 0.245. The lowest BCUT2D eigenvalue weighted by Gasteiger charge is -2.36. The molecule has 1 heterocycles. The first-order chi connectivity index (χ1) is 8.10. The van der Waals surface area contributed by atoms with Crippen LogP contribution < -0.4 is 0 Å². The lowest BCUT2D eigenvalue weighted by atomic mass is 9.93. The van der Waals surface area contributed by atoms with Crippen LogP contribution in [0.2, 0.25) is 0 Å². The van der Waals surface area contributed by atoms with Gasteiger partial charge >= 0.3 is 0 Å². The van der Waals surface area contributed by atoms with Crippen molar-refractivity contribution in [3.05, 3.63) is 0 Å². The number of rotatable bonds is 5. The molecule has 2 nitrogen and oxygen atoms in total. The zero-order valence-corrected chi connectivity index (χ0v) is 12.2. The number of nitrogens with zero attached hydrogens (tertiary/aromatic N) is 1. The first kappa shape index (κ1) is 14.8. The van der Waals surface area contributed by atoms with Gasteiger partial charge in [-0.25, -0.2) is 0 Å². The van der Waals surface area contributed by atoms with Crippen LogP contribution in [0.15, 0.2) is 0 Å². The summed E-state index contributed by atoms with van der Waals surface area (Å²) in [6.45, 7) is 8.15. The Hall–Kier alpha value is -0.240. The van der Waals surface area contributed by atoms with Gasteiger partial charge in [0.1, 0.15) is 0 Å². The molecule has 0 aliphatic carbocycles. The molecule has 0 aromatic rings. The first-order valence-corrected chi connectivity index (χ1v) is 7.46. The van der Waals surface area contributed by atoms with E-state index in [0.717, 1.165) is 45.2 Å². The monoisotopic (exact) mass is 259 g/mol. The molecule has 2 unspecified atom stereocenters. The fourth-order valence-electron chi connectivity index (χ4n) is 2.66. The van der Waals surface area contributed by atoms with Gasteiger partial charge < -0.3 is 4.90 Å². The predicted molar refractivity (Wildman–Crippen MR) is 73.3 cm³/mol. The highest BCUT2D eigenvalue weighted by Gasteiger charge is 2.30. The maximum Gasteiger partial charge on any atom is 0.225 e. The Balaban J connectivity index is 2.55. The smallest absolute Gasteiger partial charge is 0.225 e. The molecule has 17 heavy (non-hydrogen) atoms. The van der Waals surface area contributed by atoms with Crippen LogP contribution >= 0.6 is 11.6 Å². The summed E-state index contributed by atoms with van der Waals surface area (Å²) in [6.07, 6.45) is 5.19. The van der Waals surface area contributed by atoms with Gasteiger partial charge in [-0.3, -0.25) is 4.79 Å². The second kappa shape index (κ2) is 7.25. The van der Waals surface area contributed by atoms with Gasteiger partial charge in [0, 0.05) is 24.4 Å². The Labute approximate surface area is 111 Å². The van der Waals surface area contributed by atoms with Gasteiger partial charge in [-0.1, -0.05) is 33.6 Å². The molecule has 1 saturated heterocycles. The van der Waals surface area contributed by atoms with E-state index in [4.69, 9.17) is 11.6 Å². The van der Waals surface area contributed by atoms with E-state index in [2.05, 4.69) is 20.8 Å². The molecule has 0 radical (unpaired) electrons. The van der Waals surface area contributed by atoms with Crippen LogP contribution in [0, 0.1) is 11.8 Å². The number of hydrogen-bond donors (Lipinski definition) is 0. The van der Waals surface area contributed by atoms with Gasteiger partial charge in [0.2, 0.25) is 5.91 Å². The van der Waals surface area contributed by atoms with Gasteiger partial charge in [0.05, 0.1) is 0 Å². The van der Waals surface area contributed by atoms with E-state index in [9.17, 15) is 4.79 Å². The number of piperidine rings is 1. The van der Waals surface area contributed by atoms with E-state index >= 15 is 0 Å². The minimum atomic E-state index is 0.240. The molecule has 2 atom stereocenters. The summed E-state index contributed by atoms with van der Waals surface area (Å²) in [7, 11) is 0. The van der Waals surface area contributed by atoms with E-state index in [1.807, 2.05) is 4.90 Å². The van der Waals surface area contributed by atoms with Crippen molar-refractivity contribution >= 4 is 17.5 Å². The highest BCUT2D eigenvalue weighted by Crippen LogP contribution is 2.25. The van der Waals surface area contributed by atoms with Crippen molar-refractivity contribution in [3.8, 4) is 0 Å². The predicted octanol–water partition coefficient (Wildman–Crippen LogP) is 3.68. The number of amides is 1. The van der Waals surface area contributed by atoms with Crippen molar-refractivity contribution in [3.63, 3.8) is 0 Å². The van der Waals surface area contributed by atoms with E-state index in [1.54, 1.807) is 0 Å². The number of alkyl halides is 1. The number of likely N-dealkylation sites (tertiary alicyclic amines) is 1. The topological polar surface area (TPSA) is 20.3 Å². The van der Waals surface area contributed by atoms with Gasteiger partial charge in [0.15, 0.2) is 0 Å². The molecule has 1 rings (SSSR count). The van der Waals surface area contributed by atoms with Crippen molar-refractivity contribution in [2.75, 3.05) is 13.1 Å². The fraction of sp³-hybridized carbons (Fsp3) is 0.929. The molecule has 0 bridgehead atoms. The lowest BCUT2D eigenvalue weighted by Crippen LogP contribution is -2.45. The second-order valence-electron chi connectivity index (χ2n) is 5.34.